The molecule has 0 heterocycles. The Morgan fingerprint density at radius 1 is 1.42 bits per heavy atom. The van der Waals surface area contributed by atoms with Gasteiger partial charge in [0, 0.05) is 29.8 Å². The first-order chi connectivity index (χ1) is 9.04. The summed E-state index contributed by atoms with van der Waals surface area (Å²) in [5.41, 5.74) is 1.97. The second-order valence-electron chi connectivity index (χ2n) is 4.50. The first-order valence-electron chi connectivity index (χ1n) is 6.46. The molecule has 0 bridgehead atoms. The van der Waals surface area contributed by atoms with E-state index >= 15 is 0 Å². The minimum atomic E-state index is -0.931. The van der Waals surface area contributed by atoms with E-state index in [9.17, 15) is 4.79 Å². The largest absolute Gasteiger partial charge is 0.478 e. The smallest absolute Gasteiger partial charge is 0.328 e. The summed E-state index contributed by atoms with van der Waals surface area (Å²) in [6.07, 6.45) is 6.36. The van der Waals surface area contributed by atoms with Crippen LogP contribution in [0.3, 0.4) is 0 Å². The molecule has 0 aromatic heterocycles. The second kappa shape index (κ2) is 8.00. The normalized spacial score (nSPS) is 10.9. The van der Waals surface area contributed by atoms with Crippen LogP contribution >= 0.6 is 15.9 Å². The quantitative estimate of drug-likeness (QED) is 0.604. The highest BCUT2D eigenvalue weighted by molar-refractivity contribution is 9.10. The number of hydrogen-bond acceptors (Lipinski definition) is 2. The van der Waals surface area contributed by atoms with Crippen LogP contribution in [0.25, 0.3) is 6.08 Å². The van der Waals surface area contributed by atoms with Gasteiger partial charge in [-0.25, -0.2) is 4.79 Å². The monoisotopic (exact) mass is 325 g/mol. The molecule has 1 aromatic carbocycles. The SMILES string of the molecule is CCCCCN(C)c1ccc(Br)cc1/C=C/C(=O)O. The molecule has 0 unspecified atom stereocenters. The Morgan fingerprint density at radius 3 is 2.79 bits per heavy atom. The number of carboxylic acids is 1. The van der Waals surface area contributed by atoms with E-state index < -0.39 is 5.97 Å². The zero-order valence-corrected chi connectivity index (χ0v) is 13.0. The van der Waals surface area contributed by atoms with Gasteiger partial charge in [0.2, 0.25) is 0 Å². The Labute approximate surface area is 123 Å². The maximum Gasteiger partial charge on any atom is 0.328 e. The summed E-state index contributed by atoms with van der Waals surface area (Å²) in [6, 6.07) is 5.92. The van der Waals surface area contributed by atoms with Crippen LogP contribution in [0, 0.1) is 0 Å². The summed E-state index contributed by atoms with van der Waals surface area (Å²) in [5.74, 6) is -0.931. The van der Waals surface area contributed by atoms with Crippen molar-refractivity contribution in [3.8, 4) is 0 Å². The van der Waals surface area contributed by atoms with Crippen molar-refractivity contribution in [2.24, 2.45) is 0 Å². The maximum absolute atomic E-state index is 10.6. The van der Waals surface area contributed by atoms with Gasteiger partial charge in [-0.3, -0.25) is 0 Å². The Kier molecular flexibility index (Phi) is 6.64. The minimum Gasteiger partial charge on any atom is -0.478 e. The van der Waals surface area contributed by atoms with Crippen molar-refractivity contribution in [1.29, 1.82) is 0 Å². The number of rotatable bonds is 7. The van der Waals surface area contributed by atoms with Crippen molar-refractivity contribution in [2.75, 3.05) is 18.5 Å². The minimum absolute atomic E-state index is 0.913. The molecule has 0 atom stereocenters. The Bertz CT molecular complexity index is 457. The van der Waals surface area contributed by atoms with Crippen LogP contribution in [0.2, 0.25) is 0 Å². The van der Waals surface area contributed by atoms with Crippen LogP contribution in [0.5, 0.6) is 0 Å². The lowest BCUT2D eigenvalue weighted by Crippen LogP contribution is -2.19. The molecule has 0 aliphatic heterocycles. The Hall–Kier alpha value is -1.29. The molecule has 0 radical (unpaired) electrons. The molecular formula is C15H20BrNO2. The third-order valence-electron chi connectivity index (χ3n) is 2.90. The van der Waals surface area contributed by atoms with Gasteiger partial charge >= 0.3 is 5.97 Å². The molecule has 104 valence electrons. The van der Waals surface area contributed by atoms with E-state index in [1.807, 2.05) is 25.2 Å². The number of aliphatic carboxylic acids is 1. The molecule has 1 N–H and O–H groups in total. The first kappa shape index (κ1) is 15.8. The van der Waals surface area contributed by atoms with E-state index in [2.05, 4.69) is 27.8 Å². The van der Waals surface area contributed by atoms with E-state index in [1.165, 1.54) is 18.9 Å². The average molecular weight is 326 g/mol. The molecule has 0 aliphatic carbocycles. The van der Waals surface area contributed by atoms with Crippen LogP contribution in [0.4, 0.5) is 5.69 Å². The van der Waals surface area contributed by atoms with Crippen molar-refractivity contribution >= 4 is 33.7 Å². The molecule has 1 rings (SSSR count). The molecule has 0 spiro atoms. The van der Waals surface area contributed by atoms with Crippen LogP contribution in [0.1, 0.15) is 31.7 Å². The summed E-state index contributed by atoms with van der Waals surface area (Å²) < 4.78 is 0.947. The standard InChI is InChI=1S/C15H20BrNO2/c1-3-4-5-10-17(2)14-8-7-13(16)11-12(14)6-9-15(18)19/h6-9,11H,3-5,10H2,1-2H3,(H,18,19)/b9-6+. The molecule has 0 amide bonds. The molecular weight excluding hydrogens is 306 g/mol. The van der Waals surface area contributed by atoms with Gasteiger partial charge < -0.3 is 10.0 Å². The number of carboxylic acid groups (broad SMARTS) is 1. The third kappa shape index (κ3) is 5.47. The zero-order chi connectivity index (χ0) is 14.3. The van der Waals surface area contributed by atoms with E-state index in [1.54, 1.807) is 6.08 Å². The van der Waals surface area contributed by atoms with E-state index in [4.69, 9.17) is 5.11 Å². The predicted octanol–water partition coefficient (Wildman–Crippen LogP) is 4.17. The van der Waals surface area contributed by atoms with E-state index in [0.29, 0.717) is 0 Å². The average Bonchev–Trinajstić information content (AvgIpc) is 2.36. The summed E-state index contributed by atoms with van der Waals surface area (Å²) in [6.45, 7) is 3.16. The predicted molar refractivity (Wildman–Crippen MR) is 83.6 cm³/mol. The fraction of sp³-hybridized carbons (Fsp3) is 0.400. The van der Waals surface area contributed by atoms with Crippen LogP contribution in [0.15, 0.2) is 28.7 Å². The van der Waals surface area contributed by atoms with Gasteiger partial charge in [-0.2, -0.15) is 0 Å². The van der Waals surface area contributed by atoms with Crippen molar-refractivity contribution in [2.45, 2.75) is 26.2 Å². The zero-order valence-electron chi connectivity index (χ0n) is 11.4. The Balaban J connectivity index is 2.89. The molecule has 0 saturated carbocycles. The summed E-state index contributed by atoms with van der Waals surface area (Å²) in [7, 11) is 2.04. The third-order valence-corrected chi connectivity index (χ3v) is 3.40. The van der Waals surface area contributed by atoms with Gasteiger partial charge in [-0.15, -0.1) is 0 Å². The lowest BCUT2D eigenvalue weighted by Gasteiger charge is -2.21. The second-order valence-corrected chi connectivity index (χ2v) is 5.42. The van der Waals surface area contributed by atoms with Crippen LogP contribution in [-0.4, -0.2) is 24.7 Å². The molecule has 19 heavy (non-hydrogen) atoms. The topological polar surface area (TPSA) is 40.5 Å². The van der Waals surface area contributed by atoms with Gasteiger partial charge in [-0.1, -0.05) is 35.7 Å². The van der Waals surface area contributed by atoms with Crippen LogP contribution in [-0.2, 0) is 4.79 Å². The van der Waals surface area contributed by atoms with Crippen molar-refractivity contribution in [1.82, 2.24) is 0 Å². The number of anilines is 1. The van der Waals surface area contributed by atoms with Gasteiger partial charge in [0.15, 0.2) is 0 Å². The van der Waals surface area contributed by atoms with Gasteiger partial charge in [-0.05, 0) is 36.3 Å². The van der Waals surface area contributed by atoms with Crippen molar-refractivity contribution < 1.29 is 9.90 Å². The van der Waals surface area contributed by atoms with Gasteiger partial charge in [0.25, 0.3) is 0 Å². The highest BCUT2D eigenvalue weighted by Gasteiger charge is 2.06. The highest BCUT2D eigenvalue weighted by atomic mass is 79.9. The number of carbonyl (C=O) groups is 1. The lowest BCUT2D eigenvalue weighted by atomic mass is 10.1. The van der Waals surface area contributed by atoms with E-state index in [-0.39, 0.29) is 0 Å². The number of benzene rings is 1. The first-order valence-corrected chi connectivity index (χ1v) is 7.25. The fourth-order valence-electron chi connectivity index (χ4n) is 1.89. The van der Waals surface area contributed by atoms with Crippen LogP contribution < -0.4 is 4.90 Å². The fourth-order valence-corrected chi connectivity index (χ4v) is 2.27. The van der Waals surface area contributed by atoms with Crippen molar-refractivity contribution in [3.63, 3.8) is 0 Å². The molecule has 3 nitrogen and oxygen atoms in total. The maximum atomic E-state index is 10.6. The van der Waals surface area contributed by atoms with Crippen molar-refractivity contribution in [3.05, 3.63) is 34.3 Å². The molecule has 0 fully saturated rings. The molecule has 4 heteroatoms. The van der Waals surface area contributed by atoms with Gasteiger partial charge in [0.05, 0.1) is 0 Å². The van der Waals surface area contributed by atoms with E-state index in [0.717, 1.165) is 28.7 Å². The van der Waals surface area contributed by atoms with Gasteiger partial charge in [0.1, 0.15) is 0 Å². The highest BCUT2D eigenvalue weighted by Crippen LogP contribution is 2.25. The summed E-state index contributed by atoms with van der Waals surface area (Å²) >= 11 is 3.42. The summed E-state index contributed by atoms with van der Waals surface area (Å²) in [5, 5.41) is 8.73. The molecule has 0 saturated heterocycles. The number of halogens is 1. The molecule has 0 aliphatic rings. The Morgan fingerprint density at radius 2 is 2.16 bits per heavy atom. The number of nitrogens with zero attached hydrogens (tertiary/aromatic N) is 1. The number of unbranched alkanes of at least 4 members (excludes halogenated alkanes) is 2. The lowest BCUT2D eigenvalue weighted by molar-refractivity contribution is -0.131. The summed E-state index contributed by atoms with van der Waals surface area (Å²) in [4.78, 5) is 12.8. The number of hydrogen-bond donors (Lipinski definition) is 1. The molecule has 1 aromatic rings.